The molecule has 0 aliphatic rings. The number of rotatable bonds is 2. The van der Waals surface area contributed by atoms with Gasteiger partial charge in [0.25, 0.3) is 0 Å². The predicted octanol–water partition coefficient (Wildman–Crippen LogP) is 4.28. The van der Waals surface area contributed by atoms with E-state index in [1.165, 1.54) is 22.3 Å². The summed E-state index contributed by atoms with van der Waals surface area (Å²) < 4.78 is 0. The first-order valence-electron chi connectivity index (χ1n) is 4.92. The minimum absolute atomic E-state index is 1.13. The van der Waals surface area contributed by atoms with Crippen molar-refractivity contribution in [3.63, 3.8) is 0 Å². The van der Waals surface area contributed by atoms with Gasteiger partial charge in [0.05, 0.1) is 0 Å². The van der Waals surface area contributed by atoms with Crippen molar-refractivity contribution in [1.82, 2.24) is 0 Å². The number of benzene rings is 1. The highest BCUT2D eigenvalue weighted by Gasteiger charge is 1.96. The zero-order valence-corrected chi connectivity index (χ0v) is 9.52. The van der Waals surface area contributed by atoms with Crippen LogP contribution in [0.3, 0.4) is 0 Å². The minimum atomic E-state index is 1.13. The molecule has 1 rings (SSSR count). The van der Waals surface area contributed by atoms with Crippen molar-refractivity contribution in [2.75, 3.05) is 0 Å². The van der Waals surface area contributed by atoms with Gasteiger partial charge >= 0.3 is 0 Å². The highest BCUT2D eigenvalue weighted by atomic mass is 14.0. The fourth-order valence-electron chi connectivity index (χ4n) is 1.27. The van der Waals surface area contributed by atoms with Crippen LogP contribution in [0.5, 0.6) is 0 Å². The number of aryl methyl sites for hydroxylation is 2. The molecule has 1 aromatic rings. The third kappa shape index (κ3) is 2.59. The van der Waals surface area contributed by atoms with Gasteiger partial charge in [-0.05, 0) is 44.4 Å². The second-order valence-electron chi connectivity index (χ2n) is 3.97. The van der Waals surface area contributed by atoms with Crippen LogP contribution in [0.1, 0.15) is 30.5 Å². The van der Waals surface area contributed by atoms with Gasteiger partial charge in [0, 0.05) is 0 Å². The zero-order chi connectivity index (χ0) is 10.7. The van der Waals surface area contributed by atoms with E-state index in [1.807, 2.05) is 6.92 Å². The van der Waals surface area contributed by atoms with Gasteiger partial charge in [0.15, 0.2) is 0 Å². The van der Waals surface area contributed by atoms with Crippen molar-refractivity contribution >= 4 is 6.08 Å². The van der Waals surface area contributed by atoms with E-state index in [0.717, 1.165) is 5.57 Å². The highest BCUT2D eigenvalue weighted by Crippen LogP contribution is 2.17. The molecule has 0 aliphatic carbocycles. The summed E-state index contributed by atoms with van der Waals surface area (Å²) >= 11 is 0. The van der Waals surface area contributed by atoms with E-state index in [4.69, 9.17) is 0 Å². The molecule has 0 spiro atoms. The van der Waals surface area contributed by atoms with E-state index in [0.29, 0.717) is 0 Å². The molecule has 14 heavy (non-hydrogen) atoms. The second kappa shape index (κ2) is 4.28. The molecule has 1 aromatic carbocycles. The van der Waals surface area contributed by atoms with Gasteiger partial charge in [-0.3, -0.25) is 0 Å². The molecule has 0 N–H and O–H groups in total. The second-order valence-corrected chi connectivity index (χ2v) is 3.97. The Kier molecular flexibility index (Phi) is 3.29. The Morgan fingerprint density at radius 3 is 2.43 bits per heavy atom. The minimum Gasteiger partial charge on any atom is -0.0958 e. The molecule has 74 valence electrons. The van der Waals surface area contributed by atoms with Crippen LogP contribution in [0.15, 0.2) is 35.9 Å². The van der Waals surface area contributed by atoms with E-state index >= 15 is 0 Å². The Morgan fingerprint density at radius 1 is 1.21 bits per heavy atom. The van der Waals surface area contributed by atoms with Crippen LogP contribution in [0.4, 0.5) is 0 Å². The van der Waals surface area contributed by atoms with E-state index in [1.54, 1.807) is 0 Å². The molecule has 0 heterocycles. The number of hydrogen-bond acceptors (Lipinski definition) is 0. The molecule has 0 amide bonds. The zero-order valence-electron chi connectivity index (χ0n) is 9.52. The number of allylic oxidation sites excluding steroid dienone is 2. The van der Waals surface area contributed by atoms with Gasteiger partial charge in [-0.25, -0.2) is 0 Å². The van der Waals surface area contributed by atoms with Crippen LogP contribution in [0.2, 0.25) is 0 Å². The summed E-state index contributed by atoms with van der Waals surface area (Å²) in [6.45, 7) is 12.3. The first-order chi connectivity index (χ1) is 6.50. The smallest absolute Gasteiger partial charge is 0.0222 e. The summed E-state index contributed by atoms with van der Waals surface area (Å²) in [5.41, 5.74) is 6.29. The van der Waals surface area contributed by atoms with E-state index < -0.39 is 0 Å². The Morgan fingerprint density at radius 2 is 1.86 bits per heavy atom. The molecule has 0 aromatic heterocycles. The average Bonchev–Trinajstić information content (AvgIpc) is 2.11. The quantitative estimate of drug-likeness (QED) is 0.605. The molecule has 0 saturated carbocycles. The third-order valence-electron chi connectivity index (χ3n) is 2.48. The molecular weight excluding hydrogens is 168 g/mol. The Hall–Kier alpha value is -1.30. The normalized spacial score (nSPS) is 11.6. The lowest BCUT2D eigenvalue weighted by atomic mass is 10.0. The van der Waals surface area contributed by atoms with Gasteiger partial charge in [-0.1, -0.05) is 42.0 Å². The molecule has 0 atom stereocenters. The van der Waals surface area contributed by atoms with Crippen LogP contribution < -0.4 is 0 Å². The van der Waals surface area contributed by atoms with Gasteiger partial charge < -0.3 is 0 Å². The molecule has 0 unspecified atom stereocenters. The molecule has 0 nitrogen and oxygen atoms in total. The van der Waals surface area contributed by atoms with Crippen LogP contribution in [0, 0.1) is 13.8 Å². The van der Waals surface area contributed by atoms with E-state index in [2.05, 4.69) is 51.6 Å². The molecule has 0 saturated heterocycles. The van der Waals surface area contributed by atoms with Crippen LogP contribution >= 0.6 is 0 Å². The lowest BCUT2D eigenvalue weighted by Gasteiger charge is -2.04. The predicted molar refractivity (Wildman–Crippen MR) is 64.4 cm³/mol. The van der Waals surface area contributed by atoms with Crippen LogP contribution in [0.25, 0.3) is 6.08 Å². The lowest BCUT2D eigenvalue weighted by molar-refractivity contribution is 1.35. The molecule has 0 fully saturated rings. The highest BCUT2D eigenvalue weighted by molar-refractivity contribution is 5.60. The lowest BCUT2D eigenvalue weighted by Crippen LogP contribution is -1.84. The van der Waals surface area contributed by atoms with Crippen molar-refractivity contribution in [2.45, 2.75) is 27.7 Å². The van der Waals surface area contributed by atoms with Crippen molar-refractivity contribution in [3.8, 4) is 0 Å². The Labute approximate surface area is 87.0 Å². The summed E-state index contributed by atoms with van der Waals surface area (Å²) in [4.78, 5) is 0. The van der Waals surface area contributed by atoms with Gasteiger partial charge in [0.2, 0.25) is 0 Å². The largest absolute Gasteiger partial charge is 0.0958 e. The monoisotopic (exact) mass is 186 g/mol. The molecule has 0 bridgehead atoms. The summed E-state index contributed by atoms with van der Waals surface area (Å²) in [5, 5.41) is 0. The van der Waals surface area contributed by atoms with Gasteiger partial charge in [-0.2, -0.15) is 0 Å². The van der Waals surface area contributed by atoms with Gasteiger partial charge in [0.1, 0.15) is 0 Å². The number of hydrogen-bond donors (Lipinski definition) is 0. The van der Waals surface area contributed by atoms with Crippen LogP contribution in [-0.2, 0) is 0 Å². The van der Waals surface area contributed by atoms with Crippen molar-refractivity contribution in [2.24, 2.45) is 0 Å². The fraction of sp³-hybridized carbons (Fsp3) is 0.286. The van der Waals surface area contributed by atoms with Crippen molar-refractivity contribution in [1.29, 1.82) is 0 Å². The molecule has 0 aliphatic heterocycles. The van der Waals surface area contributed by atoms with E-state index in [-0.39, 0.29) is 0 Å². The SMILES string of the molecule is C=C(C)/C(C)=C/c1cc(C)ccc1C. The maximum Gasteiger partial charge on any atom is -0.0222 e. The topological polar surface area (TPSA) is 0 Å². The Balaban J connectivity index is 3.13. The van der Waals surface area contributed by atoms with E-state index in [9.17, 15) is 0 Å². The summed E-state index contributed by atoms with van der Waals surface area (Å²) in [5.74, 6) is 0. The molecule has 0 radical (unpaired) electrons. The summed E-state index contributed by atoms with van der Waals surface area (Å²) in [7, 11) is 0. The molecule has 0 heteroatoms. The fourth-order valence-corrected chi connectivity index (χ4v) is 1.27. The first kappa shape index (κ1) is 10.8. The van der Waals surface area contributed by atoms with Crippen LogP contribution in [-0.4, -0.2) is 0 Å². The Bertz CT molecular complexity index is 381. The average molecular weight is 186 g/mol. The van der Waals surface area contributed by atoms with Gasteiger partial charge in [-0.15, -0.1) is 0 Å². The standard InChI is InChI=1S/C14H18/c1-10(2)13(5)9-14-8-11(3)6-7-12(14)4/h6-9H,1H2,2-5H3/b13-9+. The third-order valence-corrected chi connectivity index (χ3v) is 2.48. The maximum atomic E-state index is 3.94. The van der Waals surface area contributed by atoms with Crippen molar-refractivity contribution in [3.05, 3.63) is 52.6 Å². The van der Waals surface area contributed by atoms with Crippen molar-refractivity contribution < 1.29 is 0 Å². The molecular formula is C14H18. The summed E-state index contributed by atoms with van der Waals surface area (Å²) in [6, 6.07) is 6.51. The maximum absolute atomic E-state index is 3.94. The first-order valence-corrected chi connectivity index (χ1v) is 4.92. The summed E-state index contributed by atoms with van der Waals surface area (Å²) in [6.07, 6.45) is 2.20.